The van der Waals surface area contributed by atoms with Gasteiger partial charge in [0.2, 0.25) is 0 Å². The second-order valence-corrected chi connectivity index (χ2v) is 10.4. The third-order valence-electron chi connectivity index (χ3n) is 6.38. The lowest BCUT2D eigenvalue weighted by Crippen LogP contribution is -2.34. The molecule has 4 heteroatoms. The Labute approximate surface area is 197 Å². The Balaban J connectivity index is 2.18. The minimum absolute atomic E-state index is 0.235. The summed E-state index contributed by atoms with van der Waals surface area (Å²) in [5, 5.41) is 0. The third kappa shape index (κ3) is 14.0. The summed E-state index contributed by atoms with van der Waals surface area (Å²) >= 11 is 0. The SMILES string of the molecule is CC(C)CCCCCCCOC(=O)C1CC=CCC1C(=O)OCCCCCCCC(C)C. The van der Waals surface area contributed by atoms with Gasteiger partial charge in [0.1, 0.15) is 0 Å². The number of allylic oxidation sites excluding steroid dienone is 2. The quantitative estimate of drug-likeness (QED) is 0.122. The van der Waals surface area contributed by atoms with E-state index in [4.69, 9.17) is 9.47 Å². The Morgan fingerprint density at radius 1 is 0.625 bits per heavy atom. The molecule has 0 saturated carbocycles. The number of hydrogen-bond acceptors (Lipinski definition) is 4. The summed E-state index contributed by atoms with van der Waals surface area (Å²) in [5.74, 6) is 0.297. The molecule has 32 heavy (non-hydrogen) atoms. The summed E-state index contributed by atoms with van der Waals surface area (Å²) in [6.07, 6.45) is 19.2. The van der Waals surface area contributed by atoms with E-state index in [-0.39, 0.29) is 11.9 Å². The molecular weight excluding hydrogens is 400 g/mol. The maximum Gasteiger partial charge on any atom is 0.310 e. The zero-order chi connectivity index (χ0) is 23.6. The predicted octanol–water partition coefficient (Wildman–Crippen LogP) is 7.65. The van der Waals surface area contributed by atoms with Gasteiger partial charge in [-0.3, -0.25) is 9.59 Å². The molecule has 0 bridgehead atoms. The number of hydrogen-bond donors (Lipinski definition) is 0. The largest absolute Gasteiger partial charge is 0.465 e. The van der Waals surface area contributed by atoms with E-state index in [1.165, 1.54) is 51.4 Å². The van der Waals surface area contributed by atoms with Crippen LogP contribution >= 0.6 is 0 Å². The van der Waals surface area contributed by atoms with Crippen LogP contribution in [-0.2, 0) is 19.1 Å². The van der Waals surface area contributed by atoms with Gasteiger partial charge in [-0.05, 0) is 37.5 Å². The van der Waals surface area contributed by atoms with Crippen molar-refractivity contribution in [2.24, 2.45) is 23.7 Å². The highest BCUT2D eigenvalue weighted by Crippen LogP contribution is 2.28. The molecule has 1 rings (SSSR count). The molecule has 4 nitrogen and oxygen atoms in total. The summed E-state index contributed by atoms with van der Waals surface area (Å²) in [6, 6.07) is 0. The smallest absolute Gasteiger partial charge is 0.310 e. The van der Waals surface area contributed by atoms with Gasteiger partial charge < -0.3 is 9.47 Å². The van der Waals surface area contributed by atoms with Gasteiger partial charge in [-0.25, -0.2) is 0 Å². The average Bonchev–Trinajstić information content (AvgIpc) is 2.76. The lowest BCUT2D eigenvalue weighted by Gasteiger charge is -2.25. The Morgan fingerprint density at radius 2 is 0.969 bits per heavy atom. The van der Waals surface area contributed by atoms with E-state index in [1.807, 2.05) is 12.2 Å². The Kier molecular flexibility index (Phi) is 16.3. The summed E-state index contributed by atoms with van der Waals surface area (Å²) in [7, 11) is 0. The molecule has 0 spiro atoms. The predicted molar refractivity (Wildman–Crippen MR) is 132 cm³/mol. The molecule has 0 fully saturated rings. The minimum atomic E-state index is -0.394. The first kappa shape index (κ1) is 28.7. The van der Waals surface area contributed by atoms with Crippen LogP contribution in [0.2, 0.25) is 0 Å². The fourth-order valence-electron chi connectivity index (χ4n) is 4.26. The molecule has 186 valence electrons. The van der Waals surface area contributed by atoms with Crippen LogP contribution in [0.5, 0.6) is 0 Å². The molecule has 0 saturated heterocycles. The van der Waals surface area contributed by atoms with Crippen molar-refractivity contribution in [2.75, 3.05) is 13.2 Å². The highest BCUT2D eigenvalue weighted by Gasteiger charge is 2.36. The zero-order valence-electron chi connectivity index (χ0n) is 21.4. The van der Waals surface area contributed by atoms with Crippen LogP contribution in [0.15, 0.2) is 12.2 Å². The highest BCUT2D eigenvalue weighted by molar-refractivity contribution is 5.82. The van der Waals surface area contributed by atoms with Crippen molar-refractivity contribution in [3.63, 3.8) is 0 Å². The number of unbranched alkanes of at least 4 members (excludes halogenated alkanes) is 8. The number of rotatable bonds is 18. The van der Waals surface area contributed by atoms with Crippen molar-refractivity contribution in [3.05, 3.63) is 12.2 Å². The summed E-state index contributed by atoms with van der Waals surface area (Å²) in [6.45, 7) is 9.97. The van der Waals surface area contributed by atoms with E-state index in [9.17, 15) is 9.59 Å². The van der Waals surface area contributed by atoms with Crippen molar-refractivity contribution in [3.8, 4) is 0 Å². The summed E-state index contributed by atoms with van der Waals surface area (Å²) in [5.41, 5.74) is 0. The Bertz CT molecular complexity index is 478. The van der Waals surface area contributed by atoms with Gasteiger partial charge in [-0.1, -0.05) is 104 Å². The second-order valence-electron chi connectivity index (χ2n) is 10.4. The molecule has 0 aliphatic heterocycles. The van der Waals surface area contributed by atoms with Gasteiger partial charge in [0.15, 0.2) is 0 Å². The van der Waals surface area contributed by atoms with E-state index in [2.05, 4.69) is 27.7 Å². The number of carbonyl (C=O) groups excluding carboxylic acids is 2. The zero-order valence-corrected chi connectivity index (χ0v) is 21.4. The monoisotopic (exact) mass is 450 g/mol. The normalized spacial score (nSPS) is 18.3. The van der Waals surface area contributed by atoms with Crippen molar-refractivity contribution in [2.45, 2.75) is 118 Å². The average molecular weight is 451 g/mol. The Morgan fingerprint density at radius 3 is 1.34 bits per heavy atom. The second kappa shape index (κ2) is 18.1. The summed E-state index contributed by atoms with van der Waals surface area (Å²) < 4.78 is 11.0. The number of carbonyl (C=O) groups is 2. The van der Waals surface area contributed by atoms with Crippen LogP contribution in [0.1, 0.15) is 118 Å². The molecule has 1 aliphatic rings. The van der Waals surface area contributed by atoms with Crippen molar-refractivity contribution in [1.82, 2.24) is 0 Å². The van der Waals surface area contributed by atoms with E-state index < -0.39 is 11.8 Å². The molecule has 2 atom stereocenters. The van der Waals surface area contributed by atoms with Crippen LogP contribution in [-0.4, -0.2) is 25.2 Å². The highest BCUT2D eigenvalue weighted by atomic mass is 16.5. The molecule has 0 aromatic carbocycles. The molecule has 0 aromatic rings. The fourth-order valence-corrected chi connectivity index (χ4v) is 4.26. The van der Waals surface area contributed by atoms with Gasteiger partial charge >= 0.3 is 11.9 Å². The van der Waals surface area contributed by atoms with Gasteiger partial charge in [0, 0.05) is 0 Å². The number of esters is 2. The van der Waals surface area contributed by atoms with Crippen molar-refractivity contribution in [1.29, 1.82) is 0 Å². The molecular formula is C28H50O4. The van der Waals surface area contributed by atoms with Crippen LogP contribution in [0.3, 0.4) is 0 Å². The van der Waals surface area contributed by atoms with E-state index in [0.717, 1.165) is 37.5 Å². The standard InChI is InChI=1S/C28H50O4/c1-23(2)17-11-7-5-9-15-21-31-27(29)25-19-13-14-20-26(25)28(30)32-22-16-10-6-8-12-18-24(3)4/h13-14,23-26H,5-12,15-22H2,1-4H3. The lowest BCUT2D eigenvalue weighted by molar-refractivity contribution is -0.161. The van der Waals surface area contributed by atoms with Crippen LogP contribution < -0.4 is 0 Å². The maximum atomic E-state index is 12.6. The first-order valence-electron chi connectivity index (χ1n) is 13.4. The molecule has 0 N–H and O–H groups in total. The maximum absolute atomic E-state index is 12.6. The first-order chi connectivity index (χ1) is 15.4. The molecule has 0 aromatic heterocycles. The fraction of sp³-hybridized carbons (Fsp3) is 0.857. The third-order valence-corrected chi connectivity index (χ3v) is 6.38. The molecule has 2 unspecified atom stereocenters. The van der Waals surface area contributed by atoms with Gasteiger partial charge in [-0.15, -0.1) is 0 Å². The van der Waals surface area contributed by atoms with E-state index in [0.29, 0.717) is 26.1 Å². The first-order valence-corrected chi connectivity index (χ1v) is 13.4. The molecule has 0 heterocycles. The van der Waals surface area contributed by atoms with Crippen LogP contribution in [0.25, 0.3) is 0 Å². The summed E-state index contributed by atoms with van der Waals surface area (Å²) in [4.78, 5) is 25.2. The van der Waals surface area contributed by atoms with E-state index >= 15 is 0 Å². The van der Waals surface area contributed by atoms with Gasteiger partial charge in [0.05, 0.1) is 25.0 Å². The molecule has 0 radical (unpaired) electrons. The van der Waals surface area contributed by atoms with Gasteiger partial charge in [0.25, 0.3) is 0 Å². The minimum Gasteiger partial charge on any atom is -0.465 e. The van der Waals surface area contributed by atoms with Crippen molar-refractivity contribution < 1.29 is 19.1 Å². The number of ether oxygens (including phenoxy) is 2. The lowest BCUT2D eigenvalue weighted by atomic mass is 9.83. The van der Waals surface area contributed by atoms with Crippen LogP contribution in [0, 0.1) is 23.7 Å². The topological polar surface area (TPSA) is 52.6 Å². The molecule has 1 aliphatic carbocycles. The Hall–Kier alpha value is -1.32. The van der Waals surface area contributed by atoms with E-state index in [1.54, 1.807) is 0 Å². The molecule has 0 amide bonds. The van der Waals surface area contributed by atoms with Crippen molar-refractivity contribution >= 4 is 11.9 Å². The van der Waals surface area contributed by atoms with Crippen LogP contribution in [0.4, 0.5) is 0 Å². The van der Waals surface area contributed by atoms with Gasteiger partial charge in [-0.2, -0.15) is 0 Å².